The van der Waals surface area contributed by atoms with Gasteiger partial charge in [0.2, 0.25) is 0 Å². The van der Waals surface area contributed by atoms with Crippen molar-refractivity contribution in [2.75, 3.05) is 40.4 Å². The van der Waals surface area contributed by atoms with Crippen molar-refractivity contribution in [3.8, 4) is 0 Å². The average molecular weight is 230 g/mol. The van der Waals surface area contributed by atoms with Crippen LogP contribution in [0.2, 0.25) is 0 Å². The van der Waals surface area contributed by atoms with E-state index in [1.54, 1.807) is 7.11 Å². The topological polar surface area (TPSA) is 24.5 Å². The van der Waals surface area contributed by atoms with Gasteiger partial charge in [-0.1, -0.05) is 27.2 Å². The SMILES string of the molecule is CCCNC(COC)CN(C)CC(C)CC. The normalized spacial score (nSPS) is 15.4. The third kappa shape index (κ3) is 8.08. The quantitative estimate of drug-likeness (QED) is 0.621. The molecular weight excluding hydrogens is 200 g/mol. The van der Waals surface area contributed by atoms with E-state index in [1.165, 1.54) is 19.4 Å². The van der Waals surface area contributed by atoms with Crippen molar-refractivity contribution in [3.63, 3.8) is 0 Å². The Labute approximate surface area is 102 Å². The fraction of sp³-hybridized carbons (Fsp3) is 1.00. The molecule has 0 aromatic rings. The number of hydrogen-bond donors (Lipinski definition) is 1. The zero-order valence-corrected chi connectivity index (χ0v) is 11.8. The average Bonchev–Trinajstić information content (AvgIpc) is 2.25. The van der Waals surface area contributed by atoms with Gasteiger partial charge in [-0.15, -0.1) is 0 Å². The van der Waals surface area contributed by atoms with Crippen molar-refractivity contribution in [3.05, 3.63) is 0 Å². The van der Waals surface area contributed by atoms with Crippen LogP contribution in [0.1, 0.15) is 33.6 Å². The molecule has 16 heavy (non-hydrogen) atoms. The monoisotopic (exact) mass is 230 g/mol. The fourth-order valence-corrected chi connectivity index (χ4v) is 1.84. The predicted molar refractivity (Wildman–Crippen MR) is 70.9 cm³/mol. The molecule has 0 aliphatic heterocycles. The molecule has 0 saturated carbocycles. The van der Waals surface area contributed by atoms with Gasteiger partial charge in [-0.05, 0) is 25.9 Å². The van der Waals surface area contributed by atoms with Crippen molar-refractivity contribution in [2.45, 2.75) is 39.7 Å². The van der Waals surface area contributed by atoms with Gasteiger partial charge in [-0.3, -0.25) is 0 Å². The second-order valence-electron chi connectivity index (χ2n) is 4.84. The first-order valence-electron chi connectivity index (χ1n) is 6.54. The summed E-state index contributed by atoms with van der Waals surface area (Å²) in [6.45, 7) is 10.9. The molecular formula is C13H30N2O. The number of ether oxygens (including phenoxy) is 1. The molecule has 0 heterocycles. The molecule has 0 aromatic heterocycles. The summed E-state index contributed by atoms with van der Waals surface area (Å²) in [5, 5.41) is 3.53. The van der Waals surface area contributed by atoms with E-state index < -0.39 is 0 Å². The summed E-state index contributed by atoms with van der Waals surface area (Å²) < 4.78 is 5.24. The Hall–Kier alpha value is -0.120. The molecule has 0 fully saturated rings. The number of rotatable bonds is 10. The van der Waals surface area contributed by atoms with Crippen LogP contribution in [-0.4, -0.2) is 51.3 Å². The number of methoxy groups -OCH3 is 1. The Kier molecular flexibility index (Phi) is 9.99. The van der Waals surface area contributed by atoms with E-state index in [0.717, 1.165) is 25.6 Å². The molecule has 0 radical (unpaired) electrons. The van der Waals surface area contributed by atoms with Crippen LogP contribution in [0.15, 0.2) is 0 Å². The first kappa shape index (κ1) is 15.9. The fourth-order valence-electron chi connectivity index (χ4n) is 1.84. The van der Waals surface area contributed by atoms with Crippen molar-refractivity contribution in [1.82, 2.24) is 10.2 Å². The van der Waals surface area contributed by atoms with E-state index in [2.05, 4.69) is 38.0 Å². The highest BCUT2D eigenvalue weighted by molar-refractivity contribution is 4.71. The van der Waals surface area contributed by atoms with E-state index in [1.807, 2.05) is 0 Å². The van der Waals surface area contributed by atoms with Gasteiger partial charge in [-0.25, -0.2) is 0 Å². The Bertz CT molecular complexity index is 153. The first-order valence-corrected chi connectivity index (χ1v) is 6.54. The van der Waals surface area contributed by atoms with Crippen molar-refractivity contribution in [2.24, 2.45) is 5.92 Å². The van der Waals surface area contributed by atoms with Crippen LogP contribution in [0.4, 0.5) is 0 Å². The summed E-state index contributed by atoms with van der Waals surface area (Å²) in [5.41, 5.74) is 0. The first-order chi connectivity index (χ1) is 7.63. The van der Waals surface area contributed by atoms with Crippen molar-refractivity contribution < 1.29 is 4.74 Å². The maximum Gasteiger partial charge on any atom is 0.0628 e. The largest absolute Gasteiger partial charge is 0.383 e. The minimum absolute atomic E-state index is 0.457. The van der Waals surface area contributed by atoms with Gasteiger partial charge in [0.15, 0.2) is 0 Å². The molecule has 0 aliphatic carbocycles. The van der Waals surface area contributed by atoms with Crippen LogP contribution < -0.4 is 5.32 Å². The third-order valence-corrected chi connectivity index (χ3v) is 2.90. The Balaban J connectivity index is 3.86. The van der Waals surface area contributed by atoms with Crippen LogP contribution in [0.5, 0.6) is 0 Å². The molecule has 0 saturated heterocycles. The third-order valence-electron chi connectivity index (χ3n) is 2.90. The van der Waals surface area contributed by atoms with E-state index >= 15 is 0 Å². The van der Waals surface area contributed by atoms with Crippen LogP contribution >= 0.6 is 0 Å². The molecule has 1 N–H and O–H groups in total. The summed E-state index contributed by atoms with van der Waals surface area (Å²) in [6, 6.07) is 0.457. The van der Waals surface area contributed by atoms with Gasteiger partial charge in [0.05, 0.1) is 6.61 Å². The second kappa shape index (κ2) is 10.1. The lowest BCUT2D eigenvalue weighted by Gasteiger charge is -2.26. The minimum atomic E-state index is 0.457. The second-order valence-corrected chi connectivity index (χ2v) is 4.84. The smallest absolute Gasteiger partial charge is 0.0628 e. The summed E-state index contributed by atoms with van der Waals surface area (Å²) >= 11 is 0. The lowest BCUT2D eigenvalue weighted by molar-refractivity contribution is 0.141. The number of nitrogens with one attached hydrogen (secondary N) is 1. The maximum absolute atomic E-state index is 5.24. The molecule has 0 aromatic carbocycles. The van der Waals surface area contributed by atoms with Gasteiger partial charge in [0.1, 0.15) is 0 Å². The Morgan fingerprint density at radius 2 is 1.94 bits per heavy atom. The van der Waals surface area contributed by atoms with Gasteiger partial charge in [-0.2, -0.15) is 0 Å². The molecule has 0 aliphatic rings. The molecule has 0 amide bonds. The molecule has 2 unspecified atom stereocenters. The van der Waals surface area contributed by atoms with E-state index in [-0.39, 0.29) is 0 Å². The van der Waals surface area contributed by atoms with Crippen LogP contribution in [0, 0.1) is 5.92 Å². The molecule has 98 valence electrons. The maximum atomic E-state index is 5.24. The molecule has 3 nitrogen and oxygen atoms in total. The molecule has 0 bridgehead atoms. The lowest BCUT2D eigenvalue weighted by atomic mass is 10.1. The van der Waals surface area contributed by atoms with Crippen molar-refractivity contribution in [1.29, 1.82) is 0 Å². The van der Waals surface area contributed by atoms with E-state index in [9.17, 15) is 0 Å². The van der Waals surface area contributed by atoms with Crippen LogP contribution in [-0.2, 0) is 4.74 Å². The number of hydrogen-bond acceptors (Lipinski definition) is 3. The van der Waals surface area contributed by atoms with Gasteiger partial charge < -0.3 is 15.0 Å². The standard InChI is InChI=1S/C13H30N2O/c1-6-8-14-13(11-16-5)10-15(4)9-12(3)7-2/h12-14H,6-11H2,1-5H3. The van der Waals surface area contributed by atoms with Crippen molar-refractivity contribution >= 4 is 0 Å². The summed E-state index contributed by atoms with van der Waals surface area (Å²) in [5.74, 6) is 0.777. The number of likely N-dealkylation sites (N-methyl/N-ethyl adjacent to an activating group) is 1. The zero-order chi connectivity index (χ0) is 12.4. The van der Waals surface area contributed by atoms with Crippen LogP contribution in [0.25, 0.3) is 0 Å². The summed E-state index contributed by atoms with van der Waals surface area (Å²) in [6.07, 6.45) is 2.43. The van der Waals surface area contributed by atoms with Gasteiger partial charge in [0.25, 0.3) is 0 Å². The predicted octanol–water partition coefficient (Wildman–Crippen LogP) is 1.98. The molecule has 0 rings (SSSR count). The summed E-state index contributed by atoms with van der Waals surface area (Å²) in [4.78, 5) is 2.40. The highest BCUT2D eigenvalue weighted by atomic mass is 16.5. The minimum Gasteiger partial charge on any atom is -0.383 e. The van der Waals surface area contributed by atoms with Gasteiger partial charge >= 0.3 is 0 Å². The Morgan fingerprint density at radius 1 is 1.25 bits per heavy atom. The highest BCUT2D eigenvalue weighted by Crippen LogP contribution is 2.03. The highest BCUT2D eigenvalue weighted by Gasteiger charge is 2.12. The Morgan fingerprint density at radius 3 is 2.44 bits per heavy atom. The van der Waals surface area contributed by atoms with E-state index in [0.29, 0.717) is 6.04 Å². The molecule has 3 heteroatoms. The molecule has 2 atom stereocenters. The lowest BCUT2D eigenvalue weighted by Crippen LogP contribution is -2.43. The van der Waals surface area contributed by atoms with Crippen LogP contribution in [0.3, 0.4) is 0 Å². The zero-order valence-electron chi connectivity index (χ0n) is 11.8. The number of nitrogens with zero attached hydrogens (tertiary/aromatic N) is 1. The van der Waals surface area contributed by atoms with Gasteiger partial charge in [0, 0.05) is 26.2 Å². The summed E-state index contributed by atoms with van der Waals surface area (Å²) in [7, 11) is 3.97. The van der Waals surface area contributed by atoms with E-state index in [4.69, 9.17) is 4.74 Å². The molecule has 0 spiro atoms.